The van der Waals surface area contributed by atoms with Gasteiger partial charge in [-0.2, -0.15) is 14.2 Å². The quantitative estimate of drug-likeness (QED) is 0.555. The maximum absolute atomic E-state index is 8.25. The van der Waals surface area contributed by atoms with E-state index in [2.05, 4.69) is 11.9 Å². The number of hydrogen-bond acceptors (Lipinski definition) is 3. The third-order valence-electron chi connectivity index (χ3n) is 1.34. The van der Waals surface area contributed by atoms with Gasteiger partial charge in [0.25, 0.3) is 0 Å². The van der Waals surface area contributed by atoms with Gasteiger partial charge in [0.05, 0.1) is 0 Å². The Morgan fingerprint density at radius 3 is 1.92 bits per heavy atom. The van der Waals surface area contributed by atoms with Crippen LogP contribution >= 0.6 is 0 Å². The zero-order valence-electron chi connectivity index (χ0n) is 9.30. The molecule has 0 bridgehead atoms. The van der Waals surface area contributed by atoms with E-state index in [0.29, 0.717) is 6.04 Å². The van der Waals surface area contributed by atoms with Gasteiger partial charge in [0.1, 0.15) is 0 Å². The van der Waals surface area contributed by atoms with Crippen molar-refractivity contribution in [2.75, 3.05) is 14.2 Å². The zero-order chi connectivity index (χ0) is 11.1. The summed E-state index contributed by atoms with van der Waals surface area (Å²) in [5.74, 6) is 0. The summed E-state index contributed by atoms with van der Waals surface area (Å²) in [6.45, 7) is 2.09. The standard InChI is InChI=1S/C6H14N.2CH3O.CH3.Sn/c1-3-4-5-6(2)7;2*1-2;;/h6H,1,3-5,7H2,2H3;2*1H3;1H3;/q;2*-1;;+2. The summed E-state index contributed by atoms with van der Waals surface area (Å²) >= 11 is 0.107. The van der Waals surface area contributed by atoms with Crippen molar-refractivity contribution in [1.82, 2.24) is 0 Å². The van der Waals surface area contributed by atoms with Crippen LogP contribution in [0.25, 0.3) is 0 Å². The van der Waals surface area contributed by atoms with Crippen molar-refractivity contribution in [2.45, 2.75) is 41.6 Å². The molecule has 4 heteroatoms. The van der Waals surface area contributed by atoms with Gasteiger partial charge in [-0.3, -0.25) is 0 Å². The summed E-state index contributed by atoms with van der Waals surface area (Å²) in [6, 6.07) is 0.423. The average Bonchev–Trinajstić information content (AvgIpc) is 2.19. The first-order valence-electron chi connectivity index (χ1n) is 4.49. The van der Waals surface area contributed by atoms with Gasteiger partial charge in [-0.1, -0.05) is 0 Å². The fourth-order valence-electron chi connectivity index (χ4n) is 0.768. The molecular weight excluding hydrogens is 273 g/mol. The predicted molar refractivity (Wildman–Crippen MR) is 55.8 cm³/mol. The SMILES string of the molecule is C[O-].C[O-].[CH3][Sn+2][CH2]CCCC(C)N. The summed E-state index contributed by atoms with van der Waals surface area (Å²) in [7, 11) is 1.50. The average molecular weight is 296 g/mol. The van der Waals surface area contributed by atoms with Gasteiger partial charge in [-0.25, -0.2) is 0 Å². The summed E-state index contributed by atoms with van der Waals surface area (Å²) < 4.78 is 1.54. The molecule has 13 heavy (non-hydrogen) atoms. The molecule has 0 amide bonds. The summed E-state index contributed by atoms with van der Waals surface area (Å²) in [4.78, 5) is 2.40. The Morgan fingerprint density at radius 2 is 1.62 bits per heavy atom. The van der Waals surface area contributed by atoms with E-state index in [4.69, 9.17) is 15.9 Å². The fourth-order valence-corrected chi connectivity index (χ4v) is 2.49. The Hall–Kier alpha value is 0.679. The second-order valence-electron chi connectivity index (χ2n) is 2.58. The van der Waals surface area contributed by atoms with Crippen LogP contribution in [0.15, 0.2) is 0 Å². The van der Waals surface area contributed by atoms with Gasteiger partial charge >= 0.3 is 68.5 Å². The molecule has 0 heterocycles. The first kappa shape index (κ1) is 19.3. The van der Waals surface area contributed by atoms with Crippen LogP contribution in [-0.2, 0) is 0 Å². The van der Waals surface area contributed by atoms with E-state index >= 15 is 0 Å². The molecule has 80 valence electrons. The van der Waals surface area contributed by atoms with Crippen LogP contribution in [0, 0.1) is 0 Å². The molecule has 0 aliphatic heterocycles. The van der Waals surface area contributed by atoms with Crippen molar-refractivity contribution in [3.63, 3.8) is 0 Å². The van der Waals surface area contributed by atoms with Gasteiger partial charge in [-0.15, -0.1) is 0 Å². The van der Waals surface area contributed by atoms with Crippen molar-refractivity contribution < 1.29 is 10.2 Å². The first-order chi connectivity index (χ1) is 6.27. The summed E-state index contributed by atoms with van der Waals surface area (Å²) in [6.07, 6.45) is 4.01. The van der Waals surface area contributed by atoms with E-state index in [9.17, 15) is 0 Å². The number of unbranched alkanes of at least 4 members (excludes halogenated alkanes) is 1. The van der Waals surface area contributed by atoms with Crippen molar-refractivity contribution >= 4 is 21.1 Å². The molecule has 0 spiro atoms. The van der Waals surface area contributed by atoms with E-state index in [0.717, 1.165) is 14.2 Å². The van der Waals surface area contributed by atoms with Crippen molar-refractivity contribution in [3.8, 4) is 0 Å². The molecule has 3 nitrogen and oxygen atoms in total. The molecular formula is C9H23NO2Sn. The van der Waals surface area contributed by atoms with Crippen molar-refractivity contribution in [1.29, 1.82) is 0 Å². The molecule has 0 aliphatic rings. The van der Waals surface area contributed by atoms with Crippen LogP contribution in [0.4, 0.5) is 0 Å². The Bertz CT molecular complexity index is 63.6. The fraction of sp³-hybridized carbons (Fsp3) is 1.00. The molecule has 0 radical (unpaired) electrons. The molecule has 0 aliphatic carbocycles. The Kier molecular flexibility index (Phi) is 34.1. The molecule has 0 saturated heterocycles. The van der Waals surface area contributed by atoms with Crippen LogP contribution in [0.2, 0.25) is 9.38 Å². The van der Waals surface area contributed by atoms with Gasteiger partial charge in [0.2, 0.25) is 0 Å². The van der Waals surface area contributed by atoms with Crippen LogP contribution < -0.4 is 15.9 Å². The minimum absolute atomic E-state index is 0.107. The van der Waals surface area contributed by atoms with E-state index in [1.54, 1.807) is 0 Å². The molecule has 1 unspecified atom stereocenters. The number of nitrogens with two attached hydrogens (primary N) is 1. The van der Waals surface area contributed by atoms with Gasteiger partial charge in [-0.05, 0) is 0 Å². The topological polar surface area (TPSA) is 72.1 Å². The Morgan fingerprint density at radius 1 is 1.15 bits per heavy atom. The van der Waals surface area contributed by atoms with E-state index in [-0.39, 0.29) is 21.1 Å². The molecule has 0 aromatic rings. The van der Waals surface area contributed by atoms with Crippen molar-refractivity contribution in [2.24, 2.45) is 5.73 Å². The van der Waals surface area contributed by atoms with Crippen LogP contribution in [0.3, 0.4) is 0 Å². The first-order valence-corrected chi connectivity index (χ1v) is 9.36. The van der Waals surface area contributed by atoms with Gasteiger partial charge < -0.3 is 10.2 Å². The van der Waals surface area contributed by atoms with Gasteiger partial charge in [0, 0.05) is 0 Å². The van der Waals surface area contributed by atoms with E-state index in [1.807, 2.05) is 0 Å². The maximum atomic E-state index is 8.25. The third-order valence-corrected chi connectivity index (χ3v) is 3.77. The minimum atomic E-state index is 0.107. The second kappa shape index (κ2) is 23.0. The molecule has 2 N–H and O–H groups in total. The molecule has 0 saturated carbocycles. The van der Waals surface area contributed by atoms with Crippen LogP contribution in [0.1, 0.15) is 26.2 Å². The van der Waals surface area contributed by atoms with Crippen molar-refractivity contribution in [3.05, 3.63) is 0 Å². The third kappa shape index (κ3) is 32.4. The molecule has 0 fully saturated rings. The Balaban J connectivity index is -0.000000218. The van der Waals surface area contributed by atoms with E-state index < -0.39 is 0 Å². The molecule has 0 aromatic carbocycles. The number of rotatable bonds is 5. The molecule has 0 rings (SSSR count). The van der Waals surface area contributed by atoms with Gasteiger partial charge in [0.15, 0.2) is 0 Å². The second-order valence-corrected chi connectivity index (χ2v) is 6.02. The zero-order valence-corrected chi connectivity index (χ0v) is 12.2. The normalized spacial score (nSPS) is 9.77. The van der Waals surface area contributed by atoms with E-state index in [1.165, 1.54) is 23.7 Å². The monoisotopic (exact) mass is 297 g/mol. The van der Waals surface area contributed by atoms with Crippen LogP contribution in [0.5, 0.6) is 0 Å². The molecule has 1 atom stereocenters. The summed E-state index contributed by atoms with van der Waals surface area (Å²) in [5.41, 5.74) is 5.59. The van der Waals surface area contributed by atoms with Crippen LogP contribution in [-0.4, -0.2) is 41.4 Å². The number of hydrogen-bond donors (Lipinski definition) is 1. The molecule has 0 aromatic heterocycles. The predicted octanol–water partition coefficient (Wildman–Crippen LogP) is -0.372. The summed E-state index contributed by atoms with van der Waals surface area (Å²) in [5, 5.41) is 16.5. The Labute approximate surface area is 92.9 Å².